The Morgan fingerprint density at radius 2 is 1.00 bits per heavy atom. The van der Waals surface area contributed by atoms with Crippen molar-refractivity contribution in [2.75, 3.05) is 0 Å². The van der Waals surface area contributed by atoms with E-state index in [0.29, 0.717) is 0 Å². The van der Waals surface area contributed by atoms with Crippen molar-refractivity contribution in [1.82, 2.24) is 0 Å². The second kappa shape index (κ2) is 11.2. The summed E-state index contributed by atoms with van der Waals surface area (Å²) in [6.45, 7) is 7.58. The van der Waals surface area contributed by atoms with Gasteiger partial charge >= 0.3 is 0 Å². The van der Waals surface area contributed by atoms with E-state index >= 15 is 0 Å². The average Bonchev–Trinajstić information content (AvgIpc) is 2.72. The molecule has 0 heteroatoms. The summed E-state index contributed by atoms with van der Waals surface area (Å²) in [6.07, 6.45) is 27.9. The minimum Gasteiger partial charge on any atom is -0.0625 e. The molecular formula is C30H54. The summed E-state index contributed by atoms with van der Waals surface area (Å²) in [6, 6.07) is 0. The molecule has 30 heavy (non-hydrogen) atoms. The summed E-state index contributed by atoms with van der Waals surface area (Å²) in [5, 5.41) is 0. The van der Waals surface area contributed by atoms with Crippen LogP contribution in [0.1, 0.15) is 136 Å². The van der Waals surface area contributed by atoms with Gasteiger partial charge in [-0.2, -0.15) is 0 Å². The maximum atomic E-state index is 2.60. The van der Waals surface area contributed by atoms with Crippen LogP contribution in [0, 0.1) is 53.3 Å². The molecule has 7 atom stereocenters. The molecule has 0 radical (unpaired) electrons. The molecule has 0 saturated heterocycles. The molecule has 4 saturated carbocycles. The third kappa shape index (κ3) is 6.75. The Labute approximate surface area is 189 Å². The van der Waals surface area contributed by atoms with Gasteiger partial charge in [-0.1, -0.05) is 97.8 Å². The Hall–Kier alpha value is 0. The lowest BCUT2D eigenvalue weighted by atomic mass is 9.65. The van der Waals surface area contributed by atoms with Gasteiger partial charge in [-0.25, -0.2) is 0 Å². The van der Waals surface area contributed by atoms with Crippen LogP contribution in [-0.2, 0) is 0 Å². The van der Waals surface area contributed by atoms with Crippen LogP contribution in [-0.4, -0.2) is 0 Å². The first-order chi connectivity index (χ1) is 14.5. The molecule has 0 spiro atoms. The molecule has 0 bridgehead atoms. The Morgan fingerprint density at radius 1 is 0.433 bits per heavy atom. The molecule has 0 N–H and O–H groups in total. The minimum absolute atomic E-state index is 1.01. The van der Waals surface area contributed by atoms with Gasteiger partial charge < -0.3 is 0 Å². The van der Waals surface area contributed by atoms with E-state index in [1.165, 1.54) is 32.1 Å². The van der Waals surface area contributed by atoms with E-state index in [0.717, 1.165) is 53.3 Å². The third-order valence-corrected chi connectivity index (χ3v) is 10.5. The van der Waals surface area contributed by atoms with Crippen LogP contribution in [0.2, 0.25) is 0 Å². The maximum Gasteiger partial charge on any atom is -0.0383 e. The number of hydrogen-bond acceptors (Lipinski definition) is 0. The van der Waals surface area contributed by atoms with Gasteiger partial charge in [0.1, 0.15) is 0 Å². The van der Waals surface area contributed by atoms with Gasteiger partial charge in [0.05, 0.1) is 0 Å². The van der Waals surface area contributed by atoms with E-state index in [1.807, 2.05) is 0 Å². The van der Waals surface area contributed by atoms with Crippen molar-refractivity contribution in [3.8, 4) is 0 Å². The van der Waals surface area contributed by atoms with Gasteiger partial charge in [-0.15, -0.1) is 0 Å². The van der Waals surface area contributed by atoms with Crippen LogP contribution >= 0.6 is 0 Å². The quantitative estimate of drug-likeness (QED) is 0.405. The monoisotopic (exact) mass is 414 g/mol. The Morgan fingerprint density at radius 3 is 1.73 bits per heavy atom. The van der Waals surface area contributed by atoms with Crippen LogP contribution in [0.5, 0.6) is 0 Å². The highest BCUT2D eigenvalue weighted by molar-refractivity contribution is 4.85. The van der Waals surface area contributed by atoms with Crippen LogP contribution in [0.4, 0.5) is 0 Å². The van der Waals surface area contributed by atoms with Crippen LogP contribution in [0.3, 0.4) is 0 Å². The molecule has 0 aromatic rings. The lowest BCUT2D eigenvalue weighted by Gasteiger charge is -2.40. The van der Waals surface area contributed by atoms with E-state index in [1.54, 1.807) is 83.5 Å². The van der Waals surface area contributed by atoms with Gasteiger partial charge in [-0.3, -0.25) is 0 Å². The second-order valence-electron chi connectivity index (χ2n) is 13.3. The molecule has 4 aliphatic carbocycles. The topological polar surface area (TPSA) is 0 Å². The molecule has 0 heterocycles. The molecular weight excluding hydrogens is 360 g/mol. The zero-order valence-corrected chi connectivity index (χ0v) is 20.9. The molecule has 4 fully saturated rings. The summed E-state index contributed by atoms with van der Waals surface area (Å²) in [5.41, 5.74) is 0. The summed E-state index contributed by atoms with van der Waals surface area (Å²) in [7, 11) is 0. The predicted molar refractivity (Wildman–Crippen MR) is 132 cm³/mol. The Balaban J connectivity index is 1.22. The summed E-state index contributed by atoms with van der Waals surface area (Å²) in [5.74, 6) is 9.48. The highest BCUT2D eigenvalue weighted by Gasteiger charge is 2.33. The summed E-state index contributed by atoms with van der Waals surface area (Å²) < 4.78 is 0. The smallest absolute Gasteiger partial charge is 0.0383 e. The van der Waals surface area contributed by atoms with Crippen molar-refractivity contribution >= 4 is 0 Å². The highest BCUT2D eigenvalue weighted by Crippen LogP contribution is 2.46. The maximum absolute atomic E-state index is 2.60. The molecule has 4 rings (SSSR count). The largest absolute Gasteiger partial charge is 0.0625 e. The Kier molecular flexibility index (Phi) is 8.67. The fourth-order valence-electron chi connectivity index (χ4n) is 8.60. The van der Waals surface area contributed by atoms with E-state index in [-0.39, 0.29) is 0 Å². The van der Waals surface area contributed by atoms with E-state index in [4.69, 9.17) is 0 Å². The molecule has 4 aliphatic rings. The average molecular weight is 415 g/mol. The number of rotatable bonds is 6. The van der Waals surface area contributed by atoms with Crippen LogP contribution in [0.25, 0.3) is 0 Å². The third-order valence-electron chi connectivity index (χ3n) is 10.5. The lowest BCUT2D eigenvalue weighted by molar-refractivity contribution is 0.110. The summed E-state index contributed by atoms with van der Waals surface area (Å²) >= 11 is 0. The molecule has 174 valence electrons. The first-order valence-electron chi connectivity index (χ1n) is 14.5. The molecule has 0 aromatic heterocycles. The van der Waals surface area contributed by atoms with E-state index in [2.05, 4.69) is 20.8 Å². The number of hydrogen-bond donors (Lipinski definition) is 0. The molecule has 0 aromatic carbocycles. The predicted octanol–water partition coefficient (Wildman–Crippen LogP) is 9.67. The zero-order valence-electron chi connectivity index (χ0n) is 20.9. The first-order valence-corrected chi connectivity index (χ1v) is 14.5. The van der Waals surface area contributed by atoms with Crippen molar-refractivity contribution in [2.45, 2.75) is 136 Å². The molecule has 7 unspecified atom stereocenters. The fourth-order valence-corrected chi connectivity index (χ4v) is 8.60. The van der Waals surface area contributed by atoms with Crippen LogP contribution in [0.15, 0.2) is 0 Å². The minimum atomic E-state index is 1.01. The first kappa shape index (κ1) is 23.2. The van der Waals surface area contributed by atoms with E-state index in [9.17, 15) is 0 Å². The zero-order chi connectivity index (χ0) is 20.9. The van der Waals surface area contributed by atoms with Gasteiger partial charge in [0.15, 0.2) is 0 Å². The van der Waals surface area contributed by atoms with Crippen molar-refractivity contribution in [1.29, 1.82) is 0 Å². The van der Waals surface area contributed by atoms with E-state index < -0.39 is 0 Å². The molecule has 0 nitrogen and oxygen atoms in total. The van der Waals surface area contributed by atoms with Crippen molar-refractivity contribution in [2.24, 2.45) is 53.3 Å². The normalized spacial score (nSPS) is 45.9. The summed E-state index contributed by atoms with van der Waals surface area (Å²) in [4.78, 5) is 0. The van der Waals surface area contributed by atoms with Crippen molar-refractivity contribution in [3.63, 3.8) is 0 Å². The molecule has 0 aliphatic heterocycles. The highest BCUT2D eigenvalue weighted by atomic mass is 14.4. The van der Waals surface area contributed by atoms with Gasteiger partial charge in [-0.05, 0) is 91.8 Å². The lowest BCUT2D eigenvalue weighted by Crippen LogP contribution is -2.29. The fraction of sp³-hybridized carbons (Fsp3) is 1.00. The van der Waals surface area contributed by atoms with Gasteiger partial charge in [0.25, 0.3) is 0 Å². The second-order valence-corrected chi connectivity index (χ2v) is 13.3. The Bertz CT molecular complexity index is 486. The van der Waals surface area contributed by atoms with Gasteiger partial charge in [0, 0.05) is 0 Å². The van der Waals surface area contributed by atoms with Crippen LogP contribution < -0.4 is 0 Å². The van der Waals surface area contributed by atoms with Crippen molar-refractivity contribution < 1.29 is 0 Å². The standard InChI is InChI=1S/C30H54/c1-22-10-13-25(14-11-22)17-29-15-12-24(3)30(21-29)20-28-9-5-8-27(19-28)18-26-7-4-6-23(2)16-26/h22-30H,4-21H2,1-3H3. The van der Waals surface area contributed by atoms with Gasteiger partial charge in [0.2, 0.25) is 0 Å². The van der Waals surface area contributed by atoms with Crippen molar-refractivity contribution in [3.05, 3.63) is 0 Å². The SMILES string of the molecule is CC1CCC(CC2CCC(C)C(CC3CCCC(CC4CCCC(C)C4)C3)C2)CC1. The molecule has 0 amide bonds.